The zero-order valence-electron chi connectivity index (χ0n) is 17.0. The Labute approximate surface area is 173 Å². The SMILES string of the molecule is CCCC(=O)NC1CCCN(C(=O)c2nnn(-c3ccc(OC(F)F)cc3)c2C)C1. The molecule has 1 aromatic carbocycles. The molecule has 1 saturated heterocycles. The number of nitrogens with zero attached hydrogens (tertiary/aromatic N) is 4. The third-order valence-electron chi connectivity index (χ3n) is 4.95. The molecule has 0 radical (unpaired) electrons. The first kappa shape index (κ1) is 21.7. The normalized spacial score (nSPS) is 16.6. The van der Waals surface area contributed by atoms with E-state index >= 15 is 0 Å². The van der Waals surface area contributed by atoms with Gasteiger partial charge in [-0.1, -0.05) is 12.1 Å². The highest BCUT2D eigenvalue weighted by atomic mass is 19.3. The average Bonchev–Trinajstić information content (AvgIpc) is 3.09. The molecule has 2 amide bonds. The summed E-state index contributed by atoms with van der Waals surface area (Å²) in [6.07, 6.45) is 2.87. The van der Waals surface area contributed by atoms with Gasteiger partial charge >= 0.3 is 6.61 Å². The summed E-state index contributed by atoms with van der Waals surface area (Å²) >= 11 is 0. The topological polar surface area (TPSA) is 89.4 Å². The molecule has 1 atom stereocenters. The summed E-state index contributed by atoms with van der Waals surface area (Å²) in [6, 6.07) is 5.86. The summed E-state index contributed by atoms with van der Waals surface area (Å²) in [4.78, 5) is 26.5. The number of alkyl halides is 2. The second-order valence-electron chi connectivity index (χ2n) is 7.22. The largest absolute Gasteiger partial charge is 0.435 e. The van der Waals surface area contributed by atoms with Crippen LogP contribution in [0.5, 0.6) is 5.75 Å². The van der Waals surface area contributed by atoms with E-state index in [2.05, 4.69) is 20.4 Å². The number of rotatable bonds is 7. The second kappa shape index (κ2) is 9.64. The molecule has 10 heteroatoms. The van der Waals surface area contributed by atoms with Gasteiger partial charge in [0, 0.05) is 25.6 Å². The van der Waals surface area contributed by atoms with Gasteiger partial charge in [0.25, 0.3) is 5.91 Å². The minimum absolute atomic E-state index is 0.00167. The van der Waals surface area contributed by atoms with E-state index in [0.717, 1.165) is 19.3 Å². The van der Waals surface area contributed by atoms with Crippen LogP contribution in [-0.2, 0) is 4.79 Å². The van der Waals surface area contributed by atoms with Crippen LogP contribution in [0.2, 0.25) is 0 Å². The predicted octanol–water partition coefficient (Wildman–Crippen LogP) is 2.70. The Bertz CT molecular complexity index is 885. The minimum atomic E-state index is -2.90. The molecule has 2 heterocycles. The van der Waals surface area contributed by atoms with E-state index < -0.39 is 6.61 Å². The fourth-order valence-electron chi connectivity index (χ4n) is 3.50. The summed E-state index contributed by atoms with van der Waals surface area (Å²) in [7, 11) is 0. The van der Waals surface area contributed by atoms with Crippen LogP contribution in [0.4, 0.5) is 8.78 Å². The van der Waals surface area contributed by atoms with E-state index in [0.29, 0.717) is 30.9 Å². The summed E-state index contributed by atoms with van der Waals surface area (Å²) in [6.45, 7) is 1.79. The van der Waals surface area contributed by atoms with Gasteiger partial charge in [-0.05, 0) is 50.5 Å². The molecule has 1 aromatic heterocycles. The maximum atomic E-state index is 13.0. The maximum Gasteiger partial charge on any atom is 0.387 e. The number of nitrogens with one attached hydrogen (secondary N) is 1. The number of benzene rings is 1. The van der Waals surface area contributed by atoms with Crippen molar-refractivity contribution in [2.75, 3.05) is 13.1 Å². The number of hydrogen-bond acceptors (Lipinski definition) is 5. The highest BCUT2D eigenvalue weighted by Gasteiger charge is 2.28. The fourth-order valence-corrected chi connectivity index (χ4v) is 3.50. The van der Waals surface area contributed by atoms with E-state index in [1.54, 1.807) is 24.0 Å². The van der Waals surface area contributed by atoms with Gasteiger partial charge in [0.1, 0.15) is 5.75 Å². The van der Waals surface area contributed by atoms with E-state index in [4.69, 9.17) is 0 Å². The number of hydrogen-bond donors (Lipinski definition) is 1. The third-order valence-corrected chi connectivity index (χ3v) is 4.95. The third kappa shape index (κ3) is 5.11. The van der Waals surface area contributed by atoms with Crippen molar-refractivity contribution in [3.63, 3.8) is 0 Å². The number of ether oxygens (including phenoxy) is 1. The lowest BCUT2D eigenvalue weighted by molar-refractivity contribution is -0.122. The quantitative estimate of drug-likeness (QED) is 0.743. The van der Waals surface area contributed by atoms with Gasteiger partial charge in [0.15, 0.2) is 5.69 Å². The molecular formula is C20H25F2N5O3. The number of amides is 2. The summed E-state index contributed by atoms with van der Waals surface area (Å²) in [5.74, 6) is -0.212. The number of likely N-dealkylation sites (tertiary alicyclic amines) is 1. The van der Waals surface area contributed by atoms with Crippen molar-refractivity contribution in [2.24, 2.45) is 0 Å². The van der Waals surface area contributed by atoms with Crippen molar-refractivity contribution in [1.29, 1.82) is 0 Å². The van der Waals surface area contributed by atoms with Gasteiger partial charge < -0.3 is 15.0 Å². The lowest BCUT2D eigenvalue weighted by Gasteiger charge is -2.32. The Kier molecular flexibility index (Phi) is 6.96. The van der Waals surface area contributed by atoms with Crippen LogP contribution >= 0.6 is 0 Å². The Hall–Kier alpha value is -3.04. The first-order valence-corrected chi connectivity index (χ1v) is 9.95. The molecule has 1 N–H and O–H groups in total. The maximum absolute atomic E-state index is 13.0. The molecule has 3 rings (SSSR count). The Morgan fingerprint density at radius 2 is 2.03 bits per heavy atom. The summed E-state index contributed by atoms with van der Waals surface area (Å²) in [5, 5.41) is 11.1. The van der Waals surface area contributed by atoms with E-state index in [-0.39, 0.29) is 29.3 Å². The van der Waals surface area contributed by atoms with Crippen LogP contribution in [0.3, 0.4) is 0 Å². The Morgan fingerprint density at radius 1 is 1.30 bits per heavy atom. The fraction of sp³-hybridized carbons (Fsp3) is 0.500. The molecule has 0 spiro atoms. The van der Waals surface area contributed by atoms with E-state index in [1.807, 2.05) is 6.92 Å². The molecule has 1 fully saturated rings. The van der Waals surface area contributed by atoms with Crippen molar-refractivity contribution in [1.82, 2.24) is 25.2 Å². The van der Waals surface area contributed by atoms with Crippen molar-refractivity contribution in [3.05, 3.63) is 35.7 Å². The standard InChI is InChI=1S/C20H25F2N5O3/c1-3-5-17(28)23-14-6-4-11-26(12-14)19(29)18-13(2)27(25-24-18)15-7-9-16(10-8-15)30-20(21)22/h7-10,14,20H,3-6,11-12H2,1-2H3,(H,23,28). The monoisotopic (exact) mass is 421 g/mol. The Morgan fingerprint density at radius 3 is 2.70 bits per heavy atom. The van der Waals surface area contributed by atoms with Crippen LogP contribution in [0, 0.1) is 6.92 Å². The molecule has 2 aromatic rings. The average molecular weight is 421 g/mol. The lowest BCUT2D eigenvalue weighted by Crippen LogP contribution is -2.49. The second-order valence-corrected chi connectivity index (χ2v) is 7.22. The van der Waals surface area contributed by atoms with Gasteiger partial charge in [-0.2, -0.15) is 8.78 Å². The molecule has 8 nitrogen and oxygen atoms in total. The van der Waals surface area contributed by atoms with Crippen molar-refractivity contribution in [3.8, 4) is 11.4 Å². The van der Waals surface area contributed by atoms with Gasteiger partial charge in [0.2, 0.25) is 5.91 Å². The van der Waals surface area contributed by atoms with Crippen molar-refractivity contribution in [2.45, 2.75) is 52.2 Å². The number of carbonyl (C=O) groups is 2. The zero-order valence-corrected chi connectivity index (χ0v) is 17.0. The van der Waals surface area contributed by atoms with Crippen molar-refractivity contribution >= 4 is 11.8 Å². The summed E-state index contributed by atoms with van der Waals surface area (Å²) in [5.41, 5.74) is 1.34. The van der Waals surface area contributed by atoms with Crippen LogP contribution < -0.4 is 10.1 Å². The number of carbonyl (C=O) groups excluding carboxylic acids is 2. The molecule has 0 saturated carbocycles. The van der Waals surface area contributed by atoms with Crippen molar-refractivity contribution < 1.29 is 23.1 Å². The smallest absolute Gasteiger partial charge is 0.387 e. The molecule has 0 aliphatic carbocycles. The van der Waals surface area contributed by atoms with Crippen LogP contribution in [-0.4, -0.2) is 57.5 Å². The lowest BCUT2D eigenvalue weighted by atomic mass is 10.0. The molecule has 162 valence electrons. The number of halogens is 2. The predicted molar refractivity (Wildman–Crippen MR) is 105 cm³/mol. The first-order chi connectivity index (χ1) is 14.4. The molecule has 1 aliphatic heterocycles. The van der Waals surface area contributed by atoms with Gasteiger partial charge in [0.05, 0.1) is 11.4 Å². The van der Waals surface area contributed by atoms with E-state index in [9.17, 15) is 18.4 Å². The van der Waals surface area contributed by atoms with Gasteiger partial charge in [-0.25, -0.2) is 4.68 Å². The Balaban J connectivity index is 1.70. The molecule has 30 heavy (non-hydrogen) atoms. The van der Waals surface area contributed by atoms with Gasteiger partial charge in [-0.3, -0.25) is 9.59 Å². The zero-order chi connectivity index (χ0) is 21.7. The van der Waals surface area contributed by atoms with Crippen LogP contribution in [0.15, 0.2) is 24.3 Å². The molecule has 1 aliphatic rings. The van der Waals surface area contributed by atoms with Gasteiger partial charge in [-0.15, -0.1) is 5.10 Å². The minimum Gasteiger partial charge on any atom is -0.435 e. The molecule has 1 unspecified atom stereocenters. The van der Waals surface area contributed by atoms with E-state index in [1.165, 1.54) is 16.8 Å². The highest BCUT2D eigenvalue weighted by molar-refractivity contribution is 5.93. The molecular weight excluding hydrogens is 396 g/mol. The number of piperidine rings is 1. The summed E-state index contributed by atoms with van der Waals surface area (Å²) < 4.78 is 30.4. The molecule has 0 bridgehead atoms. The highest BCUT2D eigenvalue weighted by Crippen LogP contribution is 2.20. The first-order valence-electron chi connectivity index (χ1n) is 9.95. The van der Waals surface area contributed by atoms with Crippen LogP contribution in [0.1, 0.15) is 48.8 Å². The number of aromatic nitrogens is 3. The van der Waals surface area contributed by atoms with Crippen LogP contribution in [0.25, 0.3) is 5.69 Å².